The van der Waals surface area contributed by atoms with E-state index < -0.39 is 0 Å². The van der Waals surface area contributed by atoms with Crippen LogP contribution in [-0.2, 0) is 24.4 Å². The van der Waals surface area contributed by atoms with Crippen molar-refractivity contribution >= 4 is 11.6 Å². The minimum atomic E-state index is 0.0715. The monoisotopic (exact) mass is 283 g/mol. The van der Waals surface area contributed by atoms with Gasteiger partial charge in [-0.25, -0.2) is 0 Å². The highest BCUT2D eigenvalue weighted by atomic mass is 16.5. The molecule has 0 saturated heterocycles. The van der Waals surface area contributed by atoms with Gasteiger partial charge in [-0.3, -0.25) is 9.78 Å². The van der Waals surface area contributed by atoms with Crippen LogP contribution in [0.25, 0.3) is 0 Å². The molecule has 2 aromatic rings. The summed E-state index contributed by atoms with van der Waals surface area (Å²) in [7, 11) is 0. The van der Waals surface area contributed by atoms with Crippen LogP contribution in [0.2, 0.25) is 0 Å². The van der Waals surface area contributed by atoms with Crippen LogP contribution in [-0.4, -0.2) is 10.9 Å². The third kappa shape index (κ3) is 3.20. The molecule has 3 rings (SSSR count). The van der Waals surface area contributed by atoms with Gasteiger partial charge in [-0.05, 0) is 47.9 Å². The van der Waals surface area contributed by atoms with Crippen LogP contribution in [0.15, 0.2) is 36.5 Å². The molecule has 0 aliphatic carbocycles. The van der Waals surface area contributed by atoms with E-state index in [2.05, 4.69) is 10.3 Å². The topological polar surface area (TPSA) is 77.2 Å². The lowest BCUT2D eigenvalue weighted by atomic mass is 10.0. The summed E-state index contributed by atoms with van der Waals surface area (Å²) in [5, 5.41) is 2.86. The maximum atomic E-state index is 11.3. The molecule has 0 unspecified atom stereocenters. The third-order valence-corrected chi connectivity index (χ3v) is 3.47. The van der Waals surface area contributed by atoms with Gasteiger partial charge in [0.2, 0.25) is 5.91 Å². The molecule has 0 radical (unpaired) electrons. The Labute approximate surface area is 123 Å². The number of aromatic nitrogens is 1. The molecule has 3 N–H and O–H groups in total. The number of anilines is 1. The minimum Gasteiger partial charge on any atom is -0.489 e. The molecule has 1 aromatic heterocycles. The number of amides is 1. The van der Waals surface area contributed by atoms with E-state index in [-0.39, 0.29) is 5.91 Å². The molecule has 108 valence electrons. The first-order valence-corrected chi connectivity index (χ1v) is 6.94. The molecule has 0 saturated carbocycles. The number of rotatable bonds is 4. The SMILES string of the molecule is NCc1cc(COc2ccc3c(c2)CCC(=O)N3)ccn1. The fraction of sp³-hybridized carbons (Fsp3) is 0.250. The van der Waals surface area contributed by atoms with Gasteiger partial charge in [0.1, 0.15) is 12.4 Å². The summed E-state index contributed by atoms with van der Waals surface area (Å²) in [6, 6.07) is 9.60. The molecule has 0 atom stereocenters. The zero-order valence-corrected chi connectivity index (χ0v) is 11.6. The minimum absolute atomic E-state index is 0.0715. The Morgan fingerprint density at radius 3 is 3.00 bits per heavy atom. The molecular formula is C16H17N3O2. The second kappa shape index (κ2) is 5.93. The summed E-state index contributed by atoms with van der Waals surface area (Å²) in [6.07, 6.45) is 3.02. The van der Waals surface area contributed by atoms with Crippen molar-refractivity contribution in [1.29, 1.82) is 0 Å². The number of nitrogens with two attached hydrogens (primary N) is 1. The summed E-state index contributed by atoms with van der Waals surface area (Å²) >= 11 is 0. The average molecular weight is 283 g/mol. The predicted molar refractivity (Wildman–Crippen MR) is 79.9 cm³/mol. The highest BCUT2D eigenvalue weighted by Crippen LogP contribution is 2.27. The van der Waals surface area contributed by atoms with E-state index in [1.54, 1.807) is 6.20 Å². The number of aryl methyl sites for hydroxylation is 1. The molecule has 1 aliphatic rings. The fourth-order valence-corrected chi connectivity index (χ4v) is 2.35. The van der Waals surface area contributed by atoms with E-state index in [0.29, 0.717) is 19.6 Å². The maximum absolute atomic E-state index is 11.3. The zero-order chi connectivity index (χ0) is 14.7. The van der Waals surface area contributed by atoms with Gasteiger partial charge < -0.3 is 15.8 Å². The van der Waals surface area contributed by atoms with Crippen LogP contribution in [0, 0.1) is 0 Å². The Balaban J connectivity index is 1.69. The number of nitrogens with one attached hydrogen (secondary N) is 1. The number of benzene rings is 1. The first-order chi connectivity index (χ1) is 10.2. The number of ether oxygens (including phenoxy) is 1. The van der Waals surface area contributed by atoms with Gasteiger partial charge in [0.15, 0.2) is 0 Å². The van der Waals surface area contributed by atoms with Gasteiger partial charge in [0, 0.05) is 24.8 Å². The second-order valence-corrected chi connectivity index (χ2v) is 5.02. The molecule has 1 aliphatic heterocycles. The number of carbonyl (C=O) groups is 1. The molecule has 1 amide bonds. The van der Waals surface area contributed by atoms with E-state index in [1.807, 2.05) is 30.3 Å². The molecule has 0 spiro atoms. The van der Waals surface area contributed by atoms with Crippen molar-refractivity contribution < 1.29 is 9.53 Å². The predicted octanol–water partition coefficient (Wildman–Crippen LogP) is 2.00. The summed E-state index contributed by atoms with van der Waals surface area (Å²) in [5.74, 6) is 0.873. The number of hydrogen-bond acceptors (Lipinski definition) is 4. The van der Waals surface area contributed by atoms with Crippen LogP contribution >= 0.6 is 0 Å². The van der Waals surface area contributed by atoms with Crippen molar-refractivity contribution in [1.82, 2.24) is 4.98 Å². The van der Waals surface area contributed by atoms with Gasteiger partial charge in [-0.1, -0.05) is 0 Å². The maximum Gasteiger partial charge on any atom is 0.224 e. The summed E-state index contributed by atoms with van der Waals surface area (Å²) in [4.78, 5) is 15.5. The molecule has 0 fully saturated rings. The second-order valence-electron chi connectivity index (χ2n) is 5.02. The van der Waals surface area contributed by atoms with Gasteiger partial charge in [-0.2, -0.15) is 0 Å². The largest absolute Gasteiger partial charge is 0.489 e. The Hall–Kier alpha value is -2.40. The van der Waals surface area contributed by atoms with E-state index in [1.165, 1.54) is 0 Å². The van der Waals surface area contributed by atoms with E-state index >= 15 is 0 Å². The third-order valence-electron chi connectivity index (χ3n) is 3.47. The summed E-state index contributed by atoms with van der Waals surface area (Å²) in [6.45, 7) is 0.896. The fourth-order valence-electron chi connectivity index (χ4n) is 2.35. The molecule has 2 heterocycles. The number of hydrogen-bond donors (Lipinski definition) is 2. The highest BCUT2D eigenvalue weighted by Gasteiger charge is 2.14. The van der Waals surface area contributed by atoms with Crippen LogP contribution in [0.3, 0.4) is 0 Å². The molecule has 1 aromatic carbocycles. The van der Waals surface area contributed by atoms with Crippen LogP contribution in [0.5, 0.6) is 5.75 Å². The smallest absolute Gasteiger partial charge is 0.224 e. The zero-order valence-electron chi connectivity index (χ0n) is 11.6. The Bertz CT molecular complexity index is 670. The van der Waals surface area contributed by atoms with Gasteiger partial charge in [-0.15, -0.1) is 0 Å². The highest BCUT2D eigenvalue weighted by molar-refractivity contribution is 5.93. The van der Waals surface area contributed by atoms with Crippen LogP contribution in [0.4, 0.5) is 5.69 Å². The van der Waals surface area contributed by atoms with Crippen molar-refractivity contribution in [2.24, 2.45) is 5.73 Å². The van der Waals surface area contributed by atoms with Crippen molar-refractivity contribution in [3.8, 4) is 5.75 Å². The Morgan fingerprint density at radius 2 is 2.14 bits per heavy atom. The first kappa shape index (κ1) is 13.6. The molecule has 21 heavy (non-hydrogen) atoms. The normalized spacial score (nSPS) is 13.5. The van der Waals surface area contributed by atoms with Gasteiger partial charge in [0.05, 0.1) is 5.69 Å². The number of nitrogens with zero attached hydrogens (tertiary/aromatic N) is 1. The van der Waals surface area contributed by atoms with E-state index in [4.69, 9.17) is 10.5 Å². The Morgan fingerprint density at radius 1 is 1.24 bits per heavy atom. The quantitative estimate of drug-likeness (QED) is 0.899. The van der Waals surface area contributed by atoms with Crippen LogP contribution < -0.4 is 15.8 Å². The first-order valence-electron chi connectivity index (χ1n) is 6.94. The van der Waals surface area contributed by atoms with Crippen LogP contribution in [0.1, 0.15) is 23.2 Å². The lowest BCUT2D eigenvalue weighted by molar-refractivity contribution is -0.116. The lowest BCUT2D eigenvalue weighted by Gasteiger charge is -2.17. The average Bonchev–Trinajstić information content (AvgIpc) is 2.53. The lowest BCUT2D eigenvalue weighted by Crippen LogP contribution is -2.18. The molecule has 0 bridgehead atoms. The number of carbonyl (C=O) groups excluding carboxylic acids is 1. The summed E-state index contributed by atoms with van der Waals surface area (Å²) < 4.78 is 5.80. The molecular weight excluding hydrogens is 266 g/mol. The summed E-state index contributed by atoms with van der Waals surface area (Å²) in [5.41, 5.74) is 9.46. The standard InChI is InChI=1S/C16H17N3O2/c17-9-13-7-11(5-6-18-13)10-21-14-2-3-15-12(8-14)1-4-16(20)19-15/h2-3,5-8H,1,4,9-10,17H2,(H,19,20). The number of fused-ring (bicyclic) bond motifs is 1. The van der Waals surface area contributed by atoms with Gasteiger partial charge in [0.25, 0.3) is 0 Å². The Kier molecular flexibility index (Phi) is 3.83. The van der Waals surface area contributed by atoms with E-state index in [0.717, 1.165) is 34.7 Å². The van der Waals surface area contributed by atoms with Crippen molar-refractivity contribution in [3.63, 3.8) is 0 Å². The number of pyridine rings is 1. The van der Waals surface area contributed by atoms with Gasteiger partial charge >= 0.3 is 0 Å². The van der Waals surface area contributed by atoms with Crippen molar-refractivity contribution in [3.05, 3.63) is 53.3 Å². The molecule has 5 nitrogen and oxygen atoms in total. The van der Waals surface area contributed by atoms with Crippen molar-refractivity contribution in [2.75, 3.05) is 5.32 Å². The van der Waals surface area contributed by atoms with E-state index in [9.17, 15) is 4.79 Å². The molecule has 5 heteroatoms. The van der Waals surface area contributed by atoms with Crippen molar-refractivity contribution in [2.45, 2.75) is 26.0 Å².